The maximum absolute atomic E-state index is 13.0. The quantitative estimate of drug-likeness (QED) is 0.282. The molecule has 0 unspecified atom stereocenters. The average molecular weight is 438 g/mol. The van der Waals surface area contributed by atoms with E-state index in [1.807, 2.05) is 36.4 Å². The van der Waals surface area contributed by atoms with Crippen molar-refractivity contribution < 1.29 is 19.4 Å². The van der Waals surface area contributed by atoms with E-state index in [4.69, 9.17) is 9.47 Å². The molecular formula is C27H35NO4. The fourth-order valence-electron chi connectivity index (χ4n) is 3.54. The van der Waals surface area contributed by atoms with Crippen molar-refractivity contribution >= 4 is 5.91 Å². The summed E-state index contributed by atoms with van der Waals surface area (Å²) in [6.45, 7) is 8.54. The molecule has 0 saturated carbocycles. The zero-order chi connectivity index (χ0) is 23.2. The molecule has 0 saturated heterocycles. The highest BCUT2D eigenvalue weighted by Gasteiger charge is 2.19. The number of allylic oxidation sites excluding steroid dienone is 2. The Morgan fingerprint density at radius 1 is 1.09 bits per heavy atom. The monoisotopic (exact) mass is 437 g/mol. The van der Waals surface area contributed by atoms with Gasteiger partial charge in [-0.05, 0) is 61.4 Å². The summed E-state index contributed by atoms with van der Waals surface area (Å²) in [6, 6.07) is 12.9. The Morgan fingerprint density at radius 3 is 2.56 bits per heavy atom. The molecule has 0 bridgehead atoms. The van der Waals surface area contributed by atoms with Gasteiger partial charge in [-0.15, -0.1) is 13.2 Å². The van der Waals surface area contributed by atoms with Crippen molar-refractivity contribution in [3.63, 3.8) is 0 Å². The summed E-state index contributed by atoms with van der Waals surface area (Å²) in [7, 11) is 1.64. The third kappa shape index (κ3) is 8.23. The van der Waals surface area contributed by atoms with E-state index in [0.717, 1.165) is 42.6 Å². The lowest BCUT2D eigenvalue weighted by Crippen LogP contribution is -2.36. The largest absolute Gasteiger partial charge is 0.507 e. The Morgan fingerprint density at radius 2 is 1.88 bits per heavy atom. The summed E-state index contributed by atoms with van der Waals surface area (Å²) in [5, 5.41) is 13.4. The summed E-state index contributed by atoms with van der Waals surface area (Å²) in [6.07, 6.45) is 8.66. The number of hydrogen-bond donors (Lipinski definition) is 2. The van der Waals surface area contributed by atoms with Crippen molar-refractivity contribution in [3.05, 3.63) is 84.5 Å². The summed E-state index contributed by atoms with van der Waals surface area (Å²) < 4.78 is 11.0. The number of nitrogens with one attached hydrogen (secondary N) is 1. The van der Waals surface area contributed by atoms with Crippen molar-refractivity contribution in [2.45, 2.75) is 51.2 Å². The molecule has 172 valence electrons. The van der Waals surface area contributed by atoms with E-state index in [-0.39, 0.29) is 17.7 Å². The fraction of sp³-hybridized carbons (Fsp3) is 0.370. The second-order valence-corrected chi connectivity index (χ2v) is 7.74. The molecule has 5 heteroatoms. The molecule has 0 aliphatic carbocycles. The summed E-state index contributed by atoms with van der Waals surface area (Å²) in [5.41, 5.74) is 2.15. The number of carbonyl (C=O) groups is 1. The van der Waals surface area contributed by atoms with Crippen LogP contribution in [0.2, 0.25) is 0 Å². The molecule has 0 aliphatic rings. The summed E-state index contributed by atoms with van der Waals surface area (Å²) in [4.78, 5) is 13.0. The molecule has 0 aromatic heterocycles. The van der Waals surface area contributed by atoms with Gasteiger partial charge < -0.3 is 19.9 Å². The van der Waals surface area contributed by atoms with Gasteiger partial charge in [-0.3, -0.25) is 4.79 Å². The first kappa shape index (κ1) is 25.2. The highest BCUT2D eigenvalue weighted by Crippen LogP contribution is 2.22. The number of phenolic OH excluding ortho intramolecular Hbond substituents is 1. The van der Waals surface area contributed by atoms with Gasteiger partial charge in [-0.25, -0.2) is 0 Å². The summed E-state index contributed by atoms with van der Waals surface area (Å²) in [5.74, 6) is 0.544. The van der Waals surface area contributed by atoms with Crippen LogP contribution in [0.25, 0.3) is 0 Å². The molecule has 1 amide bonds. The Balaban J connectivity index is 1.95. The van der Waals surface area contributed by atoms with E-state index < -0.39 is 0 Å². The van der Waals surface area contributed by atoms with E-state index in [0.29, 0.717) is 31.6 Å². The van der Waals surface area contributed by atoms with Crippen LogP contribution in [0.3, 0.4) is 0 Å². The number of phenols is 1. The van der Waals surface area contributed by atoms with Crippen molar-refractivity contribution in [2.75, 3.05) is 13.7 Å². The van der Waals surface area contributed by atoms with Crippen molar-refractivity contribution in [1.29, 1.82) is 0 Å². The summed E-state index contributed by atoms with van der Waals surface area (Å²) >= 11 is 0. The molecule has 2 aromatic carbocycles. The van der Waals surface area contributed by atoms with Crippen LogP contribution in [0.1, 0.15) is 53.6 Å². The molecule has 5 nitrogen and oxygen atoms in total. The first-order chi connectivity index (χ1) is 15.6. The van der Waals surface area contributed by atoms with E-state index in [1.54, 1.807) is 25.3 Å². The Bertz CT molecular complexity index is 860. The van der Waals surface area contributed by atoms with Gasteiger partial charge in [-0.1, -0.05) is 42.8 Å². The number of amides is 1. The molecule has 0 aliphatic heterocycles. The normalized spacial score (nSPS) is 11.5. The Hall–Kier alpha value is -3.05. The number of carbonyl (C=O) groups excluding carboxylic acids is 1. The number of methoxy groups -OCH3 is 1. The molecule has 1 atom stereocenters. The van der Waals surface area contributed by atoms with Crippen LogP contribution in [-0.2, 0) is 17.8 Å². The number of rotatable bonds is 15. The van der Waals surface area contributed by atoms with E-state index in [9.17, 15) is 9.90 Å². The minimum absolute atomic E-state index is 0.0111. The van der Waals surface area contributed by atoms with Gasteiger partial charge in [0.2, 0.25) is 0 Å². The van der Waals surface area contributed by atoms with Gasteiger partial charge >= 0.3 is 0 Å². The van der Waals surface area contributed by atoms with Gasteiger partial charge in [0.25, 0.3) is 5.91 Å². The van der Waals surface area contributed by atoms with E-state index in [2.05, 4.69) is 18.5 Å². The van der Waals surface area contributed by atoms with Gasteiger partial charge in [0.15, 0.2) is 0 Å². The molecule has 0 fully saturated rings. The van der Waals surface area contributed by atoms with Crippen LogP contribution < -0.4 is 10.1 Å². The zero-order valence-electron chi connectivity index (χ0n) is 19.0. The fourth-order valence-corrected chi connectivity index (χ4v) is 3.54. The molecule has 32 heavy (non-hydrogen) atoms. The van der Waals surface area contributed by atoms with Crippen LogP contribution in [0.15, 0.2) is 67.8 Å². The lowest BCUT2D eigenvalue weighted by molar-refractivity contribution is 0.0884. The second-order valence-electron chi connectivity index (χ2n) is 7.74. The maximum Gasteiger partial charge on any atom is 0.255 e. The SMILES string of the molecule is C=CCCCC[C@H](CCOCc1ccc(OC)cc1)NC(=O)c1c(O)cccc1CC=C. The molecule has 2 N–H and O–H groups in total. The van der Waals surface area contributed by atoms with E-state index in [1.165, 1.54) is 0 Å². The molecule has 2 aromatic rings. The lowest BCUT2D eigenvalue weighted by atomic mass is 10.0. The Kier molecular flexibility index (Phi) is 11.1. The van der Waals surface area contributed by atoms with Crippen molar-refractivity contribution in [2.24, 2.45) is 0 Å². The first-order valence-electron chi connectivity index (χ1n) is 11.1. The molecular weight excluding hydrogens is 402 g/mol. The number of hydrogen-bond acceptors (Lipinski definition) is 4. The van der Waals surface area contributed by atoms with E-state index >= 15 is 0 Å². The number of aromatic hydroxyl groups is 1. The predicted octanol–water partition coefficient (Wildman–Crippen LogP) is 5.58. The van der Waals surface area contributed by atoms with Crippen molar-refractivity contribution in [1.82, 2.24) is 5.32 Å². The third-order valence-corrected chi connectivity index (χ3v) is 5.30. The smallest absolute Gasteiger partial charge is 0.255 e. The minimum Gasteiger partial charge on any atom is -0.507 e. The minimum atomic E-state index is -0.260. The van der Waals surface area contributed by atoms with Crippen LogP contribution in [0, 0.1) is 0 Å². The average Bonchev–Trinajstić information content (AvgIpc) is 2.80. The maximum atomic E-state index is 13.0. The topological polar surface area (TPSA) is 67.8 Å². The van der Waals surface area contributed by atoms with Gasteiger partial charge in [0.05, 0.1) is 19.3 Å². The number of unbranched alkanes of at least 4 members (excludes halogenated alkanes) is 2. The molecule has 0 heterocycles. The first-order valence-corrected chi connectivity index (χ1v) is 11.1. The third-order valence-electron chi connectivity index (χ3n) is 5.30. The van der Waals surface area contributed by atoms with Crippen LogP contribution in [0.5, 0.6) is 11.5 Å². The standard InChI is InChI=1S/C27H35NO4/c1-4-6-7-8-12-23(18-19-32-20-21-14-16-24(31-3)17-15-21)28-27(30)26-22(10-5-2)11-9-13-25(26)29/h4-5,9,11,13-17,23,29H,1-2,6-8,10,12,18-20H2,3H3,(H,28,30)/t23-/m1/s1. The molecule has 2 rings (SSSR count). The second kappa shape index (κ2) is 14.1. The van der Waals surface area contributed by atoms with Gasteiger partial charge in [-0.2, -0.15) is 0 Å². The molecule has 0 spiro atoms. The van der Waals surface area contributed by atoms with Gasteiger partial charge in [0, 0.05) is 12.6 Å². The van der Waals surface area contributed by atoms with Gasteiger partial charge in [0.1, 0.15) is 11.5 Å². The van der Waals surface area contributed by atoms with Crippen LogP contribution in [-0.4, -0.2) is 30.8 Å². The Labute approximate surface area is 191 Å². The molecule has 0 radical (unpaired) electrons. The lowest BCUT2D eigenvalue weighted by Gasteiger charge is -2.20. The highest BCUT2D eigenvalue weighted by atomic mass is 16.5. The highest BCUT2D eigenvalue weighted by molar-refractivity contribution is 5.98. The number of benzene rings is 2. The van der Waals surface area contributed by atoms with Crippen LogP contribution in [0.4, 0.5) is 0 Å². The van der Waals surface area contributed by atoms with Crippen LogP contribution >= 0.6 is 0 Å². The van der Waals surface area contributed by atoms with Crippen molar-refractivity contribution in [3.8, 4) is 11.5 Å². The number of ether oxygens (including phenoxy) is 2. The zero-order valence-corrected chi connectivity index (χ0v) is 19.0. The predicted molar refractivity (Wildman–Crippen MR) is 129 cm³/mol.